The molecule has 0 aliphatic carbocycles. The molecule has 1 saturated heterocycles. The molecule has 0 amide bonds. The maximum Gasteiger partial charge on any atom is 0.279 e. The van der Waals surface area contributed by atoms with Crippen LogP contribution < -0.4 is 4.72 Å². The van der Waals surface area contributed by atoms with Gasteiger partial charge < -0.3 is 0 Å². The van der Waals surface area contributed by atoms with Crippen molar-refractivity contribution in [2.24, 2.45) is 0 Å². The lowest BCUT2D eigenvalue weighted by atomic mass is 10.1. The summed E-state index contributed by atoms with van der Waals surface area (Å²) in [6.07, 6.45) is 4.92. The summed E-state index contributed by atoms with van der Waals surface area (Å²) in [4.78, 5) is 0.393. The molecule has 0 bridgehead atoms. The first-order valence-electron chi connectivity index (χ1n) is 6.38. The Hall–Kier alpha value is 0.350. The number of nitrogens with one attached hydrogen (secondary N) is 1. The molecule has 0 aromatic rings. The average Bonchev–Trinajstić information content (AvgIpc) is 2.28. The fourth-order valence-corrected chi connectivity index (χ4v) is 3.78. The smallest absolute Gasteiger partial charge is 0.202 e. The maximum absolute atomic E-state index is 12.1. The Morgan fingerprint density at radius 3 is 2.76 bits per heavy atom. The highest BCUT2D eigenvalue weighted by Crippen LogP contribution is 2.19. The fourth-order valence-electron chi connectivity index (χ4n) is 2.06. The van der Waals surface area contributed by atoms with E-state index in [4.69, 9.17) is 0 Å². The van der Waals surface area contributed by atoms with Gasteiger partial charge in [-0.05, 0) is 32.6 Å². The number of hydrogen-bond donors (Lipinski definition) is 1. The zero-order chi connectivity index (χ0) is 12.9. The summed E-state index contributed by atoms with van der Waals surface area (Å²) in [6.45, 7) is 5.23. The van der Waals surface area contributed by atoms with Crippen molar-refractivity contribution in [2.75, 3.05) is 13.1 Å². The van der Waals surface area contributed by atoms with Gasteiger partial charge in [-0.2, -0.15) is 12.7 Å². The third-order valence-corrected chi connectivity index (χ3v) is 6.07. The molecule has 102 valence electrons. The van der Waals surface area contributed by atoms with E-state index in [1.807, 2.05) is 6.92 Å². The van der Waals surface area contributed by atoms with E-state index in [0.29, 0.717) is 17.9 Å². The molecule has 1 N–H and O–H groups in total. The molecule has 1 aliphatic rings. The standard InChI is InChI=1S/C11H23BrN2O2S/c1-3-11(12)7-8-13-17(15,16)14-9-5-4-6-10(14)2/h10-11,13H,3-9H2,1-2H3. The number of alkyl halides is 1. The second-order valence-electron chi connectivity index (χ2n) is 4.65. The molecule has 1 rings (SSSR count). The highest BCUT2D eigenvalue weighted by atomic mass is 79.9. The summed E-state index contributed by atoms with van der Waals surface area (Å²) in [6, 6.07) is 0.132. The van der Waals surface area contributed by atoms with Gasteiger partial charge in [-0.1, -0.05) is 29.3 Å². The molecular weight excluding hydrogens is 304 g/mol. The monoisotopic (exact) mass is 326 g/mol. The Kier molecular flexibility index (Phi) is 6.40. The van der Waals surface area contributed by atoms with Crippen LogP contribution in [0.1, 0.15) is 46.0 Å². The number of piperidine rings is 1. The molecular formula is C11H23BrN2O2S. The van der Waals surface area contributed by atoms with E-state index in [1.165, 1.54) is 0 Å². The Bertz CT molecular complexity index is 321. The van der Waals surface area contributed by atoms with Gasteiger partial charge in [-0.15, -0.1) is 0 Å². The van der Waals surface area contributed by atoms with E-state index in [1.54, 1.807) is 4.31 Å². The van der Waals surface area contributed by atoms with Gasteiger partial charge >= 0.3 is 0 Å². The van der Waals surface area contributed by atoms with Crippen molar-refractivity contribution in [3.8, 4) is 0 Å². The summed E-state index contributed by atoms with van der Waals surface area (Å²) in [7, 11) is -3.27. The molecule has 2 unspecified atom stereocenters. The molecule has 1 heterocycles. The van der Waals surface area contributed by atoms with E-state index < -0.39 is 10.2 Å². The minimum absolute atomic E-state index is 0.132. The summed E-state index contributed by atoms with van der Waals surface area (Å²) in [5.74, 6) is 0. The van der Waals surface area contributed by atoms with Gasteiger partial charge in [-0.25, -0.2) is 4.72 Å². The van der Waals surface area contributed by atoms with Crippen LogP contribution in [-0.4, -0.2) is 36.7 Å². The lowest BCUT2D eigenvalue weighted by molar-refractivity contribution is 0.265. The molecule has 0 aromatic carbocycles. The van der Waals surface area contributed by atoms with Crippen LogP contribution >= 0.6 is 15.9 Å². The van der Waals surface area contributed by atoms with Crippen molar-refractivity contribution < 1.29 is 8.42 Å². The number of hydrogen-bond acceptors (Lipinski definition) is 2. The molecule has 0 saturated carbocycles. The topological polar surface area (TPSA) is 49.4 Å². The summed E-state index contributed by atoms with van der Waals surface area (Å²) < 4.78 is 28.4. The summed E-state index contributed by atoms with van der Waals surface area (Å²) >= 11 is 3.50. The van der Waals surface area contributed by atoms with E-state index in [2.05, 4.69) is 27.6 Å². The lowest BCUT2D eigenvalue weighted by Gasteiger charge is -2.32. The fraction of sp³-hybridized carbons (Fsp3) is 1.00. The lowest BCUT2D eigenvalue weighted by Crippen LogP contribution is -2.48. The second kappa shape index (κ2) is 7.07. The third-order valence-electron chi connectivity index (χ3n) is 3.24. The van der Waals surface area contributed by atoms with Crippen molar-refractivity contribution in [3.05, 3.63) is 0 Å². The number of halogens is 1. The molecule has 0 aromatic heterocycles. The van der Waals surface area contributed by atoms with Crippen LogP contribution in [0.2, 0.25) is 0 Å². The molecule has 4 nitrogen and oxygen atoms in total. The van der Waals surface area contributed by atoms with Crippen molar-refractivity contribution in [3.63, 3.8) is 0 Å². The minimum Gasteiger partial charge on any atom is -0.202 e. The van der Waals surface area contributed by atoms with Crippen molar-refractivity contribution in [2.45, 2.75) is 56.8 Å². The molecule has 17 heavy (non-hydrogen) atoms. The number of nitrogens with zero attached hydrogens (tertiary/aromatic N) is 1. The molecule has 6 heteroatoms. The third kappa shape index (κ3) is 4.85. The average molecular weight is 327 g/mol. The largest absolute Gasteiger partial charge is 0.279 e. The van der Waals surface area contributed by atoms with Crippen LogP contribution in [0.3, 0.4) is 0 Å². The Balaban J connectivity index is 2.44. The van der Waals surface area contributed by atoms with Crippen LogP contribution in [0.25, 0.3) is 0 Å². The van der Waals surface area contributed by atoms with Gasteiger partial charge in [0.15, 0.2) is 0 Å². The van der Waals surface area contributed by atoms with Crippen LogP contribution in [0, 0.1) is 0 Å². The summed E-state index contributed by atoms with van der Waals surface area (Å²) in [5, 5.41) is 0. The highest BCUT2D eigenvalue weighted by Gasteiger charge is 2.28. The van der Waals surface area contributed by atoms with Crippen LogP contribution in [0.5, 0.6) is 0 Å². The van der Waals surface area contributed by atoms with Gasteiger partial charge in [-0.3, -0.25) is 0 Å². The molecule has 0 radical (unpaired) electrons. The maximum atomic E-state index is 12.1. The highest BCUT2D eigenvalue weighted by molar-refractivity contribution is 9.09. The van der Waals surface area contributed by atoms with E-state index >= 15 is 0 Å². The molecule has 0 spiro atoms. The van der Waals surface area contributed by atoms with Gasteiger partial charge in [0.05, 0.1) is 0 Å². The zero-order valence-corrected chi connectivity index (χ0v) is 13.1. The first kappa shape index (κ1) is 15.4. The Morgan fingerprint density at radius 2 is 2.18 bits per heavy atom. The zero-order valence-electron chi connectivity index (χ0n) is 10.7. The van der Waals surface area contributed by atoms with Crippen LogP contribution in [-0.2, 0) is 10.2 Å². The first-order chi connectivity index (χ1) is 7.97. The minimum atomic E-state index is -3.27. The van der Waals surface area contributed by atoms with Crippen LogP contribution in [0.4, 0.5) is 0 Å². The van der Waals surface area contributed by atoms with Crippen molar-refractivity contribution >= 4 is 26.1 Å². The van der Waals surface area contributed by atoms with Crippen molar-refractivity contribution in [1.29, 1.82) is 0 Å². The predicted octanol–water partition coefficient (Wildman–Crippen LogP) is 2.26. The second-order valence-corrected chi connectivity index (χ2v) is 7.65. The quantitative estimate of drug-likeness (QED) is 0.761. The first-order valence-corrected chi connectivity index (χ1v) is 8.73. The molecule has 1 fully saturated rings. The van der Waals surface area contributed by atoms with Gasteiger partial charge in [0.25, 0.3) is 10.2 Å². The number of rotatable bonds is 6. The van der Waals surface area contributed by atoms with Gasteiger partial charge in [0.1, 0.15) is 0 Å². The molecule has 2 atom stereocenters. The van der Waals surface area contributed by atoms with E-state index in [9.17, 15) is 8.42 Å². The Labute approximate surface area is 113 Å². The SMILES string of the molecule is CCC(Br)CCNS(=O)(=O)N1CCCCC1C. The van der Waals surface area contributed by atoms with Gasteiger partial charge in [0, 0.05) is 24.0 Å². The predicted molar refractivity (Wildman–Crippen MR) is 74.6 cm³/mol. The summed E-state index contributed by atoms with van der Waals surface area (Å²) in [5.41, 5.74) is 0. The van der Waals surface area contributed by atoms with Gasteiger partial charge in [0.2, 0.25) is 0 Å². The van der Waals surface area contributed by atoms with Crippen molar-refractivity contribution in [1.82, 2.24) is 9.03 Å². The van der Waals surface area contributed by atoms with E-state index in [0.717, 1.165) is 32.1 Å². The molecule has 1 aliphatic heterocycles. The van der Waals surface area contributed by atoms with Crippen LogP contribution in [0.15, 0.2) is 0 Å². The normalized spacial score (nSPS) is 24.8. The Morgan fingerprint density at radius 1 is 1.47 bits per heavy atom. The van der Waals surface area contributed by atoms with E-state index in [-0.39, 0.29) is 6.04 Å².